The number of para-hydroxylation sites is 2. The first-order valence-corrected chi connectivity index (χ1v) is 7.02. The maximum atomic E-state index is 11.8. The predicted octanol–water partition coefficient (Wildman–Crippen LogP) is 1.37. The Morgan fingerprint density at radius 1 is 1.25 bits per heavy atom. The van der Waals surface area contributed by atoms with Gasteiger partial charge in [0.15, 0.2) is 0 Å². The molecule has 1 heterocycles. The van der Waals surface area contributed by atoms with E-state index in [-0.39, 0.29) is 24.3 Å². The molecule has 0 fully saturated rings. The van der Waals surface area contributed by atoms with Gasteiger partial charge < -0.3 is 20.2 Å². The molecule has 0 aliphatic heterocycles. The molecular formula is C15H15N3O6. The summed E-state index contributed by atoms with van der Waals surface area (Å²) in [6.07, 6.45) is 2.15. The number of furan rings is 1. The Bertz CT molecular complexity index is 729. The molecule has 0 saturated carbocycles. The van der Waals surface area contributed by atoms with Gasteiger partial charge in [-0.25, -0.2) is 0 Å². The minimum Gasteiger partial charge on any atom is -0.472 e. The van der Waals surface area contributed by atoms with Crippen molar-refractivity contribution in [1.29, 1.82) is 0 Å². The van der Waals surface area contributed by atoms with Gasteiger partial charge in [-0.05, 0) is 18.6 Å². The molecule has 2 rings (SSSR count). The molecule has 2 aromatic rings. The fourth-order valence-corrected chi connectivity index (χ4v) is 1.95. The van der Waals surface area contributed by atoms with Crippen LogP contribution in [0, 0.1) is 10.1 Å². The lowest BCUT2D eigenvalue weighted by molar-refractivity contribution is -0.383. The number of aliphatic hydroxyl groups is 1. The van der Waals surface area contributed by atoms with Gasteiger partial charge in [-0.2, -0.15) is 0 Å². The number of nitrogens with one attached hydrogen (secondary N) is 2. The van der Waals surface area contributed by atoms with Gasteiger partial charge in [0.2, 0.25) is 0 Å². The minimum atomic E-state index is -1.03. The molecule has 0 spiro atoms. The van der Waals surface area contributed by atoms with Gasteiger partial charge in [0.1, 0.15) is 5.69 Å². The fourth-order valence-electron chi connectivity index (χ4n) is 1.95. The van der Waals surface area contributed by atoms with Gasteiger partial charge in [0.25, 0.3) is 5.69 Å². The van der Waals surface area contributed by atoms with Crippen molar-refractivity contribution in [2.75, 3.05) is 11.9 Å². The lowest BCUT2D eigenvalue weighted by Gasteiger charge is -2.09. The molecule has 2 amide bonds. The molecule has 1 aromatic heterocycles. The summed E-state index contributed by atoms with van der Waals surface area (Å²) in [7, 11) is 0. The van der Waals surface area contributed by atoms with Crippen LogP contribution in [0.3, 0.4) is 0 Å². The summed E-state index contributed by atoms with van der Waals surface area (Å²) >= 11 is 0. The Labute approximate surface area is 136 Å². The Hall–Kier alpha value is -3.20. The Kier molecular flexibility index (Phi) is 5.63. The van der Waals surface area contributed by atoms with Crippen molar-refractivity contribution in [2.24, 2.45) is 0 Å². The van der Waals surface area contributed by atoms with E-state index in [9.17, 15) is 24.8 Å². The van der Waals surface area contributed by atoms with Crippen LogP contribution in [-0.2, 0) is 9.59 Å². The Morgan fingerprint density at radius 2 is 2.00 bits per heavy atom. The third-order valence-electron chi connectivity index (χ3n) is 3.19. The summed E-state index contributed by atoms with van der Waals surface area (Å²) in [6, 6.07) is 7.08. The number of hydrogen-bond acceptors (Lipinski definition) is 6. The van der Waals surface area contributed by atoms with Crippen LogP contribution >= 0.6 is 0 Å². The molecule has 0 aliphatic rings. The van der Waals surface area contributed by atoms with E-state index in [0.717, 1.165) is 0 Å². The van der Waals surface area contributed by atoms with E-state index in [1.54, 1.807) is 6.07 Å². The number of aliphatic hydroxyl groups excluding tert-OH is 1. The van der Waals surface area contributed by atoms with Crippen LogP contribution in [0.25, 0.3) is 0 Å². The number of rotatable bonds is 6. The van der Waals surface area contributed by atoms with Crippen LogP contribution in [0.15, 0.2) is 47.3 Å². The Morgan fingerprint density at radius 3 is 2.67 bits per heavy atom. The molecule has 0 bridgehead atoms. The van der Waals surface area contributed by atoms with Crippen LogP contribution in [0.5, 0.6) is 0 Å². The van der Waals surface area contributed by atoms with Gasteiger partial charge in [0.05, 0.1) is 23.6 Å². The zero-order valence-electron chi connectivity index (χ0n) is 12.5. The van der Waals surface area contributed by atoms with Crippen molar-refractivity contribution in [3.8, 4) is 0 Å². The molecule has 1 aromatic carbocycles. The number of nitrogens with zero attached hydrogens (tertiary/aromatic N) is 1. The van der Waals surface area contributed by atoms with E-state index >= 15 is 0 Å². The van der Waals surface area contributed by atoms with Crippen LogP contribution in [0.4, 0.5) is 11.4 Å². The quantitative estimate of drug-likeness (QED) is 0.415. The molecule has 0 radical (unpaired) electrons. The number of hydrogen-bond donors (Lipinski definition) is 3. The molecule has 126 valence electrons. The van der Waals surface area contributed by atoms with Crippen molar-refractivity contribution < 1.29 is 24.0 Å². The van der Waals surface area contributed by atoms with Gasteiger partial charge in [-0.3, -0.25) is 19.7 Å². The zero-order chi connectivity index (χ0) is 17.5. The normalized spacial score (nSPS) is 11.5. The molecular weight excluding hydrogens is 318 g/mol. The predicted molar refractivity (Wildman–Crippen MR) is 83.0 cm³/mol. The summed E-state index contributed by atoms with van der Waals surface area (Å²) in [5, 5.41) is 25.2. The van der Waals surface area contributed by atoms with Crippen molar-refractivity contribution in [3.05, 3.63) is 58.5 Å². The van der Waals surface area contributed by atoms with Gasteiger partial charge in [-0.1, -0.05) is 12.1 Å². The fraction of sp³-hybridized carbons (Fsp3) is 0.200. The lowest BCUT2D eigenvalue weighted by Crippen LogP contribution is -2.36. The highest BCUT2D eigenvalue weighted by atomic mass is 16.6. The third-order valence-corrected chi connectivity index (χ3v) is 3.19. The van der Waals surface area contributed by atoms with Crippen LogP contribution in [0.1, 0.15) is 18.1 Å². The van der Waals surface area contributed by atoms with Crippen LogP contribution in [-0.4, -0.2) is 28.4 Å². The van der Waals surface area contributed by atoms with E-state index < -0.39 is 22.8 Å². The maximum Gasteiger partial charge on any atom is 0.313 e. The summed E-state index contributed by atoms with van der Waals surface area (Å²) in [6.45, 7) is 0.0511. The second-order valence-electron chi connectivity index (χ2n) is 4.85. The third kappa shape index (κ3) is 4.40. The molecule has 9 nitrogen and oxygen atoms in total. The number of amides is 2. The number of benzene rings is 1. The SMILES string of the molecule is O=C(NCCC(O)c1ccoc1)C(=O)Nc1ccccc1[N+](=O)[O-]. The average molecular weight is 333 g/mol. The number of anilines is 1. The number of nitro groups is 1. The van der Waals surface area contributed by atoms with Crippen molar-refractivity contribution in [3.63, 3.8) is 0 Å². The van der Waals surface area contributed by atoms with Crippen molar-refractivity contribution in [2.45, 2.75) is 12.5 Å². The zero-order valence-corrected chi connectivity index (χ0v) is 12.5. The summed E-state index contributed by atoms with van der Waals surface area (Å²) in [4.78, 5) is 33.7. The molecule has 1 atom stereocenters. The van der Waals surface area contributed by atoms with E-state index in [4.69, 9.17) is 4.42 Å². The average Bonchev–Trinajstić information content (AvgIpc) is 3.09. The molecule has 0 aliphatic carbocycles. The van der Waals surface area contributed by atoms with Gasteiger partial charge in [-0.15, -0.1) is 0 Å². The number of nitro benzene ring substituents is 1. The maximum absolute atomic E-state index is 11.8. The second kappa shape index (κ2) is 7.88. The number of carbonyl (C=O) groups excluding carboxylic acids is 2. The summed E-state index contributed by atoms with van der Waals surface area (Å²) in [5.41, 5.74) is 0.184. The van der Waals surface area contributed by atoms with E-state index in [1.165, 1.54) is 36.8 Å². The largest absolute Gasteiger partial charge is 0.472 e. The highest BCUT2D eigenvalue weighted by Gasteiger charge is 2.19. The van der Waals surface area contributed by atoms with Crippen molar-refractivity contribution >= 4 is 23.2 Å². The first-order valence-electron chi connectivity index (χ1n) is 7.02. The minimum absolute atomic E-state index is 0.0511. The van der Waals surface area contributed by atoms with E-state index in [2.05, 4.69) is 10.6 Å². The van der Waals surface area contributed by atoms with Crippen molar-refractivity contribution in [1.82, 2.24) is 5.32 Å². The van der Waals surface area contributed by atoms with E-state index in [1.807, 2.05) is 0 Å². The Balaban J connectivity index is 1.85. The van der Waals surface area contributed by atoms with Gasteiger partial charge >= 0.3 is 11.8 Å². The van der Waals surface area contributed by atoms with E-state index in [0.29, 0.717) is 5.56 Å². The standard InChI is InChI=1S/C15H15N3O6/c19-13(10-6-8-24-9-10)5-7-16-14(20)15(21)17-11-3-1-2-4-12(11)18(22)23/h1-4,6,8-9,13,19H,5,7H2,(H,16,20)(H,17,21). The molecule has 9 heteroatoms. The topological polar surface area (TPSA) is 135 Å². The molecule has 0 saturated heterocycles. The number of carbonyl (C=O) groups is 2. The molecule has 1 unspecified atom stereocenters. The second-order valence-corrected chi connectivity index (χ2v) is 4.85. The molecule has 3 N–H and O–H groups in total. The monoisotopic (exact) mass is 333 g/mol. The summed E-state index contributed by atoms with van der Waals surface area (Å²) < 4.78 is 4.83. The first kappa shape index (κ1) is 17.2. The smallest absolute Gasteiger partial charge is 0.313 e. The first-order chi connectivity index (χ1) is 11.5. The summed E-state index contributed by atoms with van der Waals surface area (Å²) in [5.74, 6) is -1.98. The highest BCUT2D eigenvalue weighted by molar-refractivity contribution is 6.39. The van der Waals surface area contributed by atoms with Crippen LogP contribution < -0.4 is 10.6 Å². The molecule has 24 heavy (non-hydrogen) atoms. The van der Waals surface area contributed by atoms with Gasteiger partial charge in [0, 0.05) is 18.2 Å². The highest BCUT2D eigenvalue weighted by Crippen LogP contribution is 2.22. The lowest BCUT2D eigenvalue weighted by atomic mass is 10.1. The van der Waals surface area contributed by atoms with Crippen LogP contribution in [0.2, 0.25) is 0 Å².